The zero-order valence-corrected chi connectivity index (χ0v) is 13.4. The zero-order chi connectivity index (χ0) is 15.9. The minimum atomic E-state index is -0.0592. The van der Waals surface area contributed by atoms with Crippen LogP contribution < -0.4 is 5.32 Å². The van der Waals surface area contributed by atoms with Gasteiger partial charge in [-0.15, -0.1) is 0 Å². The van der Waals surface area contributed by atoms with Crippen LogP contribution in [0.2, 0.25) is 0 Å². The Kier molecular flexibility index (Phi) is 5.73. The van der Waals surface area contributed by atoms with Gasteiger partial charge in [-0.1, -0.05) is 43.3 Å². The first-order chi connectivity index (χ1) is 10.6. The summed E-state index contributed by atoms with van der Waals surface area (Å²) in [5.41, 5.74) is 4.14. The van der Waals surface area contributed by atoms with E-state index >= 15 is 0 Å². The van der Waals surface area contributed by atoms with Crippen molar-refractivity contribution in [2.24, 2.45) is 0 Å². The van der Waals surface area contributed by atoms with Crippen LogP contribution in [0, 0.1) is 0 Å². The Labute approximate surface area is 132 Å². The van der Waals surface area contributed by atoms with E-state index in [0.29, 0.717) is 12.2 Å². The third-order valence-electron chi connectivity index (χ3n) is 3.76. The van der Waals surface area contributed by atoms with Crippen molar-refractivity contribution in [2.45, 2.75) is 32.9 Å². The normalized spacial score (nSPS) is 12.0. The molecule has 1 unspecified atom stereocenters. The van der Waals surface area contributed by atoms with E-state index in [9.17, 15) is 4.79 Å². The highest BCUT2D eigenvalue weighted by molar-refractivity contribution is 5.94. The fraction of sp³-hybridized carbons (Fsp3) is 0.316. The smallest absolute Gasteiger partial charge is 0.251 e. The lowest BCUT2D eigenvalue weighted by Crippen LogP contribution is -2.26. The fourth-order valence-corrected chi connectivity index (χ4v) is 2.32. The van der Waals surface area contributed by atoms with Crippen molar-refractivity contribution in [3.8, 4) is 0 Å². The van der Waals surface area contributed by atoms with Gasteiger partial charge in [0.25, 0.3) is 5.91 Å². The molecule has 3 nitrogen and oxygen atoms in total. The SMILES string of the molecule is CCc1ccc(C(C)NC(=O)c2ccc(COC)cc2)cc1. The molecule has 0 aromatic heterocycles. The second-order valence-corrected chi connectivity index (χ2v) is 5.42. The average molecular weight is 297 g/mol. The fourth-order valence-electron chi connectivity index (χ4n) is 2.32. The van der Waals surface area contributed by atoms with E-state index in [2.05, 4.69) is 36.5 Å². The Balaban J connectivity index is 2.00. The van der Waals surface area contributed by atoms with Gasteiger partial charge in [-0.25, -0.2) is 0 Å². The molecule has 116 valence electrons. The summed E-state index contributed by atoms with van der Waals surface area (Å²) in [7, 11) is 1.66. The summed E-state index contributed by atoms with van der Waals surface area (Å²) < 4.78 is 5.07. The first-order valence-corrected chi connectivity index (χ1v) is 7.61. The summed E-state index contributed by atoms with van der Waals surface area (Å²) >= 11 is 0. The van der Waals surface area contributed by atoms with Crippen molar-refractivity contribution in [3.63, 3.8) is 0 Å². The maximum Gasteiger partial charge on any atom is 0.251 e. The third-order valence-corrected chi connectivity index (χ3v) is 3.76. The van der Waals surface area contributed by atoms with Gasteiger partial charge in [-0.05, 0) is 42.2 Å². The zero-order valence-electron chi connectivity index (χ0n) is 13.4. The maximum atomic E-state index is 12.3. The van der Waals surface area contributed by atoms with Crippen LogP contribution in [0.1, 0.15) is 46.9 Å². The van der Waals surface area contributed by atoms with Crippen molar-refractivity contribution >= 4 is 5.91 Å². The van der Waals surface area contributed by atoms with Crippen molar-refractivity contribution < 1.29 is 9.53 Å². The molecule has 0 aliphatic rings. The highest BCUT2D eigenvalue weighted by Gasteiger charge is 2.11. The second kappa shape index (κ2) is 7.76. The van der Waals surface area contributed by atoms with E-state index in [-0.39, 0.29) is 11.9 Å². The number of methoxy groups -OCH3 is 1. The van der Waals surface area contributed by atoms with Crippen LogP contribution in [0.25, 0.3) is 0 Å². The van der Waals surface area contributed by atoms with Crippen LogP contribution in [-0.2, 0) is 17.8 Å². The Hall–Kier alpha value is -2.13. The summed E-state index contributed by atoms with van der Waals surface area (Å²) in [6, 6.07) is 15.8. The molecule has 0 saturated carbocycles. The molecule has 1 amide bonds. The van der Waals surface area contributed by atoms with Crippen LogP contribution in [-0.4, -0.2) is 13.0 Å². The molecule has 22 heavy (non-hydrogen) atoms. The van der Waals surface area contributed by atoms with Gasteiger partial charge in [-0.3, -0.25) is 4.79 Å². The lowest BCUT2D eigenvalue weighted by atomic mass is 10.0. The van der Waals surface area contributed by atoms with E-state index in [1.165, 1.54) is 5.56 Å². The molecule has 0 radical (unpaired) electrons. The molecule has 0 fully saturated rings. The van der Waals surface area contributed by atoms with Crippen molar-refractivity contribution in [1.29, 1.82) is 0 Å². The predicted molar refractivity (Wildman–Crippen MR) is 88.9 cm³/mol. The molecular formula is C19H23NO2. The summed E-state index contributed by atoms with van der Waals surface area (Å²) in [6.07, 6.45) is 1.02. The molecule has 2 rings (SSSR count). The van der Waals surface area contributed by atoms with Crippen LogP contribution in [0.5, 0.6) is 0 Å². The lowest BCUT2D eigenvalue weighted by molar-refractivity contribution is 0.0940. The molecule has 0 spiro atoms. The second-order valence-electron chi connectivity index (χ2n) is 5.42. The number of hydrogen-bond acceptors (Lipinski definition) is 2. The summed E-state index contributed by atoms with van der Waals surface area (Å²) in [4.78, 5) is 12.3. The number of amides is 1. The number of benzene rings is 2. The Bertz CT molecular complexity index is 602. The summed E-state index contributed by atoms with van der Waals surface area (Å²) in [5, 5.41) is 3.03. The van der Waals surface area contributed by atoms with Crippen molar-refractivity contribution in [1.82, 2.24) is 5.32 Å². The van der Waals surface area contributed by atoms with Crippen LogP contribution in [0.15, 0.2) is 48.5 Å². The average Bonchev–Trinajstić information content (AvgIpc) is 2.55. The molecule has 3 heteroatoms. The molecule has 2 aromatic carbocycles. The van der Waals surface area contributed by atoms with Crippen molar-refractivity contribution in [3.05, 3.63) is 70.8 Å². The van der Waals surface area contributed by atoms with Gasteiger partial charge >= 0.3 is 0 Å². The van der Waals surface area contributed by atoms with Gasteiger partial charge in [0.15, 0.2) is 0 Å². The number of aryl methyl sites for hydroxylation is 1. The van der Waals surface area contributed by atoms with Gasteiger partial charge in [0.1, 0.15) is 0 Å². The number of carbonyl (C=O) groups is 1. The Morgan fingerprint density at radius 1 is 1.05 bits per heavy atom. The number of nitrogens with one attached hydrogen (secondary N) is 1. The predicted octanol–water partition coefficient (Wildman–Crippen LogP) is 3.89. The highest BCUT2D eigenvalue weighted by atomic mass is 16.5. The van der Waals surface area contributed by atoms with Crippen LogP contribution in [0.4, 0.5) is 0 Å². The van der Waals surface area contributed by atoms with Gasteiger partial charge in [0.2, 0.25) is 0 Å². The van der Waals surface area contributed by atoms with Gasteiger partial charge in [-0.2, -0.15) is 0 Å². The van der Waals surface area contributed by atoms with Gasteiger partial charge < -0.3 is 10.1 Å². The minimum Gasteiger partial charge on any atom is -0.380 e. The van der Waals surface area contributed by atoms with Gasteiger partial charge in [0, 0.05) is 12.7 Å². The molecule has 1 N–H and O–H groups in total. The first kappa shape index (κ1) is 16.2. The number of carbonyl (C=O) groups excluding carboxylic acids is 1. The molecule has 0 aliphatic carbocycles. The summed E-state index contributed by atoms with van der Waals surface area (Å²) in [5.74, 6) is -0.0592. The Morgan fingerprint density at radius 2 is 1.64 bits per heavy atom. The molecule has 0 saturated heterocycles. The molecule has 0 bridgehead atoms. The van der Waals surface area contributed by atoms with E-state index in [4.69, 9.17) is 4.74 Å². The van der Waals surface area contributed by atoms with E-state index in [1.54, 1.807) is 7.11 Å². The number of ether oxygens (including phenoxy) is 1. The number of hydrogen-bond donors (Lipinski definition) is 1. The topological polar surface area (TPSA) is 38.3 Å². The lowest BCUT2D eigenvalue weighted by Gasteiger charge is -2.15. The molecular weight excluding hydrogens is 274 g/mol. The van der Waals surface area contributed by atoms with E-state index < -0.39 is 0 Å². The van der Waals surface area contributed by atoms with Crippen LogP contribution >= 0.6 is 0 Å². The maximum absolute atomic E-state index is 12.3. The van der Waals surface area contributed by atoms with Crippen molar-refractivity contribution in [2.75, 3.05) is 7.11 Å². The number of rotatable bonds is 6. The third kappa shape index (κ3) is 4.18. The standard InChI is InChI=1S/C19H23NO2/c1-4-15-5-9-17(10-6-15)14(2)20-19(21)18-11-7-16(8-12-18)13-22-3/h5-12,14H,4,13H2,1-3H3,(H,20,21). The first-order valence-electron chi connectivity index (χ1n) is 7.61. The van der Waals surface area contributed by atoms with Crippen LogP contribution in [0.3, 0.4) is 0 Å². The molecule has 0 aliphatic heterocycles. The molecule has 1 atom stereocenters. The summed E-state index contributed by atoms with van der Waals surface area (Å²) in [6.45, 7) is 4.69. The largest absolute Gasteiger partial charge is 0.380 e. The Morgan fingerprint density at radius 3 is 2.18 bits per heavy atom. The van der Waals surface area contributed by atoms with Gasteiger partial charge in [0.05, 0.1) is 12.6 Å². The minimum absolute atomic E-state index is 0.0166. The van der Waals surface area contributed by atoms with E-state index in [1.807, 2.05) is 31.2 Å². The quantitative estimate of drug-likeness (QED) is 0.878. The monoisotopic (exact) mass is 297 g/mol. The highest BCUT2D eigenvalue weighted by Crippen LogP contribution is 2.15. The molecule has 0 heterocycles. The van der Waals surface area contributed by atoms with E-state index in [0.717, 1.165) is 17.5 Å². The molecule has 2 aromatic rings.